The smallest absolute Gasteiger partial charge is 0.406 e. The van der Waals surface area contributed by atoms with E-state index in [0.717, 1.165) is 12.1 Å². The van der Waals surface area contributed by atoms with Gasteiger partial charge in [0.1, 0.15) is 12.1 Å². The largest absolute Gasteiger partial charge is 0.573 e. The van der Waals surface area contributed by atoms with Crippen molar-refractivity contribution >= 4 is 17.8 Å². The highest BCUT2D eigenvalue weighted by molar-refractivity contribution is 6.31. The molecular formula is C13H11ClF3N3O2. The highest BCUT2D eigenvalue weighted by atomic mass is 35.5. The van der Waals surface area contributed by atoms with Crippen molar-refractivity contribution in [2.45, 2.75) is 19.4 Å². The first-order valence-corrected chi connectivity index (χ1v) is 6.45. The molecule has 0 radical (unpaired) electrons. The van der Waals surface area contributed by atoms with Gasteiger partial charge in [-0.1, -0.05) is 11.6 Å². The molecule has 1 atom stereocenters. The van der Waals surface area contributed by atoms with Crippen LogP contribution in [-0.4, -0.2) is 32.3 Å². The van der Waals surface area contributed by atoms with Gasteiger partial charge in [0.15, 0.2) is 5.82 Å². The Bertz CT molecular complexity index is 683. The summed E-state index contributed by atoms with van der Waals surface area (Å²) in [7, 11) is 0. The Morgan fingerprint density at radius 1 is 1.36 bits per heavy atom. The molecule has 1 N–H and O–H groups in total. The number of hydrogen-bond donors (Lipinski definition) is 1. The normalized spacial score (nSPS) is 13.5. The summed E-state index contributed by atoms with van der Waals surface area (Å²) in [5.41, 5.74) is 0.274. The summed E-state index contributed by atoms with van der Waals surface area (Å²) in [6.07, 6.45) is -1.19. The van der Waals surface area contributed by atoms with Gasteiger partial charge in [0, 0.05) is 16.8 Å². The first-order valence-electron chi connectivity index (χ1n) is 6.07. The number of ether oxygens (including phenoxy) is 1. The van der Waals surface area contributed by atoms with Crippen LogP contribution in [0, 0.1) is 0 Å². The molecule has 0 bridgehead atoms. The molecule has 1 unspecified atom stereocenters. The minimum absolute atomic E-state index is 0.0626. The maximum absolute atomic E-state index is 12.3. The van der Waals surface area contributed by atoms with E-state index < -0.39 is 18.2 Å². The van der Waals surface area contributed by atoms with Crippen molar-refractivity contribution in [1.82, 2.24) is 14.8 Å². The average Bonchev–Trinajstić information content (AvgIpc) is 2.82. The van der Waals surface area contributed by atoms with Crippen molar-refractivity contribution in [3.63, 3.8) is 0 Å². The van der Waals surface area contributed by atoms with E-state index in [9.17, 15) is 13.2 Å². The van der Waals surface area contributed by atoms with Crippen LogP contribution in [0.25, 0.3) is 17.6 Å². The van der Waals surface area contributed by atoms with E-state index in [1.54, 1.807) is 6.92 Å². The van der Waals surface area contributed by atoms with Crippen LogP contribution in [0.1, 0.15) is 6.92 Å². The van der Waals surface area contributed by atoms with Gasteiger partial charge in [-0.25, -0.2) is 9.67 Å². The summed E-state index contributed by atoms with van der Waals surface area (Å²) in [6.45, 7) is 1.56. The number of alkyl halides is 3. The van der Waals surface area contributed by atoms with Crippen LogP contribution in [0.2, 0.25) is 5.02 Å². The second-order valence-corrected chi connectivity index (χ2v) is 4.79. The van der Waals surface area contributed by atoms with Crippen molar-refractivity contribution < 1.29 is 23.0 Å². The summed E-state index contributed by atoms with van der Waals surface area (Å²) >= 11 is 5.78. The van der Waals surface area contributed by atoms with Crippen LogP contribution in [-0.2, 0) is 0 Å². The molecule has 1 aromatic carbocycles. The molecule has 2 rings (SSSR count). The van der Waals surface area contributed by atoms with Crippen molar-refractivity contribution in [3.05, 3.63) is 35.6 Å². The van der Waals surface area contributed by atoms with Crippen LogP contribution in [0.3, 0.4) is 0 Å². The summed E-state index contributed by atoms with van der Waals surface area (Å²) in [6, 6.07) is 3.60. The summed E-state index contributed by atoms with van der Waals surface area (Å²) in [4.78, 5) is 3.97. The maximum atomic E-state index is 12.3. The second kappa shape index (κ2) is 6.37. The van der Waals surface area contributed by atoms with E-state index in [4.69, 9.17) is 16.7 Å². The number of benzene rings is 1. The lowest BCUT2D eigenvalue weighted by molar-refractivity contribution is -0.274. The molecule has 1 heterocycles. The Hall–Kier alpha value is -2.06. The zero-order chi connectivity index (χ0) is 16.3. The standard InChI is InChI=1S/C13H11ClF3N3O2/c1-8(21)2-3-20-7-18-12(19-20)9-4-10(14)6-11(5-9)22-13(15,16)17/h2-8,21H,1H3/b3-2-. The molecule has 0 aliphatic rings. The fraction of sp³-hybridized carbons (Fsp3) is 0.231. The van der Waals surface area contributed by atoms with Crippen LogP contribution in [0.15, 0.2) is 30.6 Å². The molecule has 118 valence electrons. The number of halogens is 4. The molecule has 0 aliphatic heterocycles. The summed E-state index contributed by atoms with van der Waals surface area (Å²) in [5, 5.41) is 13.2. The predicted molar refractivity (Wildman–Crippen MR) is 74.2 cm³/mol. The average molecular weight is 334 g/mol. The lowest BCUT2D eigenvalue weighted by Crippen LogP contribution is -2.17. The van der Waals surface area contributed by atoms with Gasteiger partial charge in [0.25, 0.3) is 0 Å². The molecule has 0 amide bonds. The van der Waals surface area contributed by atoms with Crippen LogP contribution >= 0.6 is 11.6 Å². The Balaban J connectivity index is 2.29. The highest BCUT2D eigenvalue weighted by Gasteiger charge is 2.31. The minimum atomic E-state index is -4.81. The summed E-state index contributed by atoms with van der Waals surface area (Å²) < 4.78 is 41.9. The first-order chi connectivity index (χ1) is 10.2. The van der Waals surface area contributed by atoms with Crippen molar-refractivity contribution in [3.8, 4) is 17.1 Å². The molecule has 22 heavy (non-hydrogen) atoms. The molecule has 0 saturated heterocycles. The minimum Gasteiger partial charge on any atom is -0.406 e. The number of aliphatic hydroxyl groups is 1. The predicted octanol–water partition coefficient (Wildman–Crippen LogP) is 3.35. The van der Waals surface area contributed by atoms with Crippen LogP contribution in [0.5, 0.6) is 5.75 Å². The van der Waals surface area contributed by atoms with Gasteiger partial charge in [-0.05, 0) is 31.2 Å². The molecule has 0 aliphatic carbocycles. The Morgan fingerprint density at radius 3 is 2.73 bits per heavy atom. The van der Waals surface area contributed by atoms with Gasteiger partial charge in [-0.3, -0.25) is 0 Å². The number of rotatable bonds is 4. The fourth-order valence-electron chi connectivity index (χ4n) is 1.58. The molecule has 0 spiro atoms. The van der Waals surface area contributed by atoms with Gasteiger partial charge in [-0.2, -0.15) is 0 Å². The molecular weight excluding hydrogens is 323 g/mol. The number of hydrogen-bond acceptors (Lipinski definition) is 4. The van der Waals surface area contributed by atoms with Crippen LogP contribution in [0.4, 0.5) is 13.2 Å². The highest BCUT2D eigenvalue weighted by Crippen LogP contribution is 2.30. The van der Waals surface area contributed by atoms with E-state index in [2.05, 4.69) is 14.8 Å². The Kier molecular flexibility index (Phi) is 4.72. The monoisotopic (exact) mass is 333 g/mol. The zero-order valence-corrected chi connectivity index (χ0v) is 12.0. The van der Waals surface area contributed by atoms with Crippen molar-refractivity contribution in [2.75, 3.05) is 0 Å². The Labute approximate surface area is 128 Å². The van der Waals surface area contributed by atoms with E-state index in [1.165, 1.54) is 29.4 Å². The second-order valence-electron chi connectivity index (χ2n) is 4.35. The van der Waals surface area contributed by atoms with E-state index in [1.807, 2.05) is 0 Å². The van der Waals surface area contributed by atoms with Crippen LogP contribution < -0.4 is 4.74 Å². The van der Waals surface area contributed by atoms with Gasteiger partial charge in [0.2, 0.25) is 0 Å². The third-order valence-electron chi connectivity index (χ3n) is 2.39. The first kappa shape index (κ1) is 16.3. The third-order valence-corrected chi connectivity index (χ3v) is 2.61. The van der Waals surface area contributed by atoms with E-state index >= 15 is 0 Å². The quantitative estimate of drug-likeness (QED) is 0.932. The number of aromatic nitrogens is 3. The lowest BCUT2D eigenvalue weighted by atomic mass is 10.2. The van der Waals surface area contributed by atoms with Crippen molar-refractivity contribution in [2.24, 2.45) is 0 Å². The number of nitrogens with zero attached hydrogens (tertiary/aromatic N) is 3. The van der Waals surface area contributed by atoms with Gasteiger partial charge in [0.05, 0.1) is 6.10 Å². The fourth-order valence-corrected chi connectivity index (χ4v) is 1.80. The molecule has 5 nitrogen and oxygen atoms in total. The zero-order valence-electron chi connectivity index (χ0n) is 11.3. The SMILES string of the molecule is CC(O)/C=C\n1cnc(-c2cc(Cl)cc(OC(F)(F)F)c2)n1. The molecule has 0 fully saturated rings. The third kappa shape index (κ3) is 4.74. The lowest BCUT2D eigenvalue weighted by Gasteiger charge is -2.09. The summed E-state index contributed by atoms with van der Waals surface area (Å²) in [5.74, 6) is -0.282. The molecule has 0 saturated carbocycles. The topological polar surface area (TPSA) is 60.2 Å². The number of aliphatic hydroxyl groups excluding tert-OH is 1. The maximum Gasteiger partial charge on any atom is 0.573 e. The van der Waals surface area contributed by atoms with Gasteiger partial charge < -0.3 is 9.84 Å². The van der Waals surface area contributed by atoms with Gasteiger partial charge in [-0.15, -0.1) is 18.3 Å². The van der Waals surface area contributed by atoms with Gasteiger partial charge >= 0.3 is 6.36 Å². The Morgan fingerprint density at radius 2 is 2.09 bits per heavy atom. The molecule has 1 aromatic heterocycles. The van der Waals surface area contributed by atoms with Crippen molar-refractivity contribution in [1.29, 1.82) is 0 Å². The molecule has 9 heteroatoms. The van der Waals surface area contributed by atoms with E-state index in [-0.39, 0.29) is 16.4 Å². The van der Waals surface area contributed by atoms with E-state index in [0.29, 0.717) is 0 Å². The molecule has 2 aromatic rings.